The lowest BCUT2D eigenvalue weighted by Crippen LogP contribution is -2.19. The normalized spacial score (nSPS) is 11.7. The largest absolute Gasteiger partial charge is 0.497 e. The zero-order chi connectivity index (χ0) is 15.2. The van der Waals surface area contributed by atoms with Gasteiger partial charge in [0.2, 0.25) is 0 Å². The quantitative estimate of drug-likeness (QED) is 0.888. The minimum Gasteiger partial charge on any atom is -0.497 e. The minimum atomic E-state index is -0.995. The Morgan fingerprint density at radius 3 is 2.52 bits per heavy atom. The molecule has 0 radical (unpaired) electrons. The topological polar surface area (TPSA) is 55.8 Å². The van der Waals surface area contributed by atoms with Crippen LogP contribution in [0.2, 0.25) is 0 Å². The highest BCUT2D eigenvalue weighted by atomic mass is 19.1. The van der Waals surface area contributed by atoms with E-state index in [0.717, 1.165) is 0 Å². The Hall–Kier alpha value is -2.56. The van der Waals surface area contributed by atoms with Crippen LogP contribution in [0.4, 0.5) is 4.39 Å². The Kier molecular flexibility index (Phi) is 4.77. The van der Waals surface area contributed by atoms with Crippen LogP contribution in [0.25, 0.3) is 0 Å². The van der Waals surface area contributed by atoms with Crippen LogP contribution in [0, 0.1) is 5.82 Å². The predicted octanol–water partition coefficient (Wildman–Crippen LogP) is 3.08. The van der Waals surface area contributed by atoms with Gasteiger partial charge in [-0.2, -0.15) is 0 Å². The molecule has 2 aromatic rings. The third-order valence-corrected chi connectivity index (χ3v) is 3.02. The average molecular weight is 290 g/mol. The van der Waals surface area contributed by atoms with Crippen LogP contribution >= 0.6 is 0 Å². The number of carboxylic acid groups (broad SMARTS) is 1. The number of hydrogen-bond acceptors (Lipinski definition) is 3. The smallest absolute Gasteiger partial charge is 0.314 e. The molecule has 21 heavy (non-hydrogen) atoms. The number of carboxylic acids is 1. The number of ether oxygens (including phenoxy) is 2. The van der Waals surface area contributed by atoms with Crippen LogP contribution in [-0.2, 0) is 4.79 Å². The Labute approximate surface area is 121 Å². The monoisotopic (exact) mass is 290 g/mol. The van der Waals surface area contributed by atoms with E-state index in [-0.39, 0.29) is 12.4 Å². The van der Waals surface area contributed by atoms with Gasteiger partial charge in [-0.25, -0.2) is 4.39 Å². The molecule has 0 amide bonds. The first-order valence-electron chi connectivity index (χ1n) is 6.35. The molecule has 110 valence electrons. The van der Waals surface area contributed by atoms with Gasteiger partial charge in [-0.3, -0.25) is 4.79 Å². The molecule has 0 saturated heterocycles. The van der Waals surface area contributed by atoms with E-state index in [0.29, 0.717) is 17.1 Å². The van der Waals surface area contributed by atoms with Gasteiger partial charge in [0, 0.05) is 0 Å². The summed E-state index contributed by atoms with van der Waals surface area (Å²) in [6, 6.07) is 12.3. The second-order valence-corrected chi connectivity index (χ2v) is 4.43. The number of carbonyl (C=O) groups is 1. The Bertz CT molecular complexity index is 610. The summed E-state index contributed by atoms with van der Waals surface area (Å²) in [5.41, 5.74) is 0.587. The predicted molar refractivity (Wildman–Crippen MR) is 75.3 cm³/mol. The van der Waals surface area contributed by atoms with Gasteiger partial charge in [0.1, 0.15) is 29.8 Å². The number of hydrogen-bond donors (Lipinski definition) is 1. The molecule has 0 fully saturated rings. The molecule has 2 aromatic carbocycles. The summed E-state index contributed by atoms with van der Waals surface area (Å²) in [6.45, 7) is -0.0475. The van der Waals surface area contributed by atoms with E-state index in [4.69, 9.17) is 9.47 Å². The zero-order valence-corrected chi connectivity index (χ0v) is 11.5. The molecule has 1 N–H and O–H groups in total. The molecule has 1 unspecified atom stereocenters. The van der Waals surface area contributed by atoms with Crippen LogP contribution in [0.1, 0.15) is 11.5 Å². The Morgan fingerprint density at radius 1 is 1.19 bits per heavy atom. The molecule has 0 aliphatic rings. The maximum Gasteiger partial charge on any atom is 0.314 e. The molecule has 0 aliphatic carbocycles. The van der Waals surface area contributed by atoms with Crippen molar-refractivity contribution in [3.8, 4) is 11.5 Å². The molecule has 2 rings (SSSR count). The van der Waals surface area contributed by atoms with Gasteiger partial charge in [-0.05, 0) is 42.0 Å². The molecular formula is C16H15FO4. The van der Waals surface area contributed by atoms with Crippen molar-refractivity contribution in [2.45, 2.75) is 5.92 Å². The van der Waals surface area contributed by atoms with Gasteiger partial charge in [-0.1, -0.05) is 12.1 Å². The lowest BCUT2D eigenvalue weighted by molar-refractivity contribution is -0.139. The standard InChI is InChI=1S/C16H15FO4/c1-20-14-4-2-3-11(9-14)15(16(18)19)10-21-13-7-5-12(17)6-8-13/h2-9,15H,10H2,1H3,(H,18,19). The van der Waals surface area contributed by atoms with Crippen LogP contribution in [-0.4, -0.2) is 24.8 Å². The highest BCUT2D eigenvalue weighted by Crippen LogP contribution is 2.23. The lowest BCUT2D eigenvalue weighted by atomic mass is 10.00. The Balaban J connectivity index is 2.12. The first kappa shape index (κ1) is 14.8. The van der Waals surface area contributed by atoms with Gasteiger partial charge in [-0.15, -0.1) is 0 Å². The fourth-order valence-corrected chi connectivity index (χ4v) is 1.88. The number of aliphatic carboxylic acids is 1. The lowest BCUT2D eigenvalue weighted by Gasteiger charge is -2.15. The molecular weight excluding hydrogens is 275 g/mol. The average Bonchev–Trinajstić information content (AvgIpc) is 2.49. The first-order chi connectivity index (χ1) is 10.1. The van der Waals surface area contributed by atoms with Crippen molar-refractivity contribution >= 4 is 5.97 Å². The molecule has 0 aromatic heterocycles. The molecule has 0 aliphatic heterocycles. The highest BCUT2D eigenvalue weighted by Gasteiger charge is 2.21. The summed E-state index contributed by atoms with van der Waals surface area (Å²) in [4.78, 5) is 11.4. The van der Waals surface area contributed by atoms with E-state index in [1.807, 2.05) is 0 Å². The number of rotatable bonds is 6. The second kappa shape index (κ2) is 6.74. The van der Waals surface area contributed by atoms with Crippen LogP contribution in [0.3, 0.4) is 0 Å². The van der Waals surface area contributed by atoms with E-state index >= 15 is 0 Å². The van der Waals surface area contributed by atoms with E-state index in [2.05, 4.69) is 0 Å². The van der Waals surface area contributed by atoms with Crippen molar-refractivity contribution in [3.05, 3.63) is 59.9 Å². The molecule has 0 spiro atoms. The molecule has 0 saturated carbocycles. The fraction of sp³-hybridized carbons (Fsp3) is 0.188. The van der Waals surface area contributed by atoms with Gasteiger partial charge in [0.05, 0.1) is 7.11 Å². The van der Waals surface area contributed by atoms with E-state index < -0.39 is 11.9 Å². The third-order valence-electron chi connectivity index (χ3n) is 3.02. The summed E-state index contributed by atoms with van der Waals surface area (Å²) in [5.74, 6) is -1.19. The van der Waals surface area contributed by atoms with Gasteiger partial charge < -0.3 is 14.6 Å². The van der Waals surface area contributed by atoms with Crippen LogP contribution in [0.15, 0.2) is 48.5 Å². The summed E-state index contributed by atoms with van der Waals surface area (Å²) < 4.78 is 23.3. The van der Waals surface area contributed by atoms with E-state index in [9.17, 15) is 14.3 Å². The van der Waals surface area contributed by atoms with Crippen molar-refractivity contribution in [1.29, 1.82) is 0 Å². The summed E-state index contributed by atoms with van der Waals surface area (Å²) in [6.07, 6.45) is 0. The molecule has 1 atom stereocenters. The molecule has 4 nitrogen and oxygen atoms in total. The zero-order valence-electron chi connectivity index (χ0n) is 11.5. The fourth-order valence-electron chi connectivity index (χ4n) is 1.88. The molecule has 0 heterocycles. The van der Waals surface area contributed by atoms with Crippen molar-refractivity contribution in [2.24, 2.45) is 0 Å². The number of methoxy groups -OCH3 is 1. The third kappa shape index (κ3) is 3.95. The summed E-state index contributed by atoms with van der Waals surface area (Å²) in [5, 5.41) is 9.33. The maximum absolute atomic E-state index is 12.8. The van der Waals surface area contributed by atoms with Gasteiger partial charge in [0.15, 0.2) is 0 Å². The molecule has 0 bridgehead atoms. The first-order valence-corrected chi connectivity index (χ1v) is 6.35. The summed E-state index contributed by atoms with van der Waals surface area (Å²) >= 11 is 0. The van der Waals surface area contributed by atoms with Crippen LogP contribution < -0.4 is 9.47 Å². The van der Waals surface area contributed by atoms with Gasteiger partial charge >= 0.3 is 5.97 Å². The second-order valence-electron chi connectivity index (χ2n) is 4.43. The van der Waals surface area contributed by atoms with E-state index in [1.165, 1.54) is 31.4 Å². The SMILES string of the molecule is COc1cccc(C(COc2ccc(F)cc2)C(=O)O)c1. The highest BCUT2D eigenvalue weighted by molar-refractivity contribution is 5.76. The van der Waals surface area contributed by atoms with Crippen molar-refractivity contribution in [2.75, 3.05) is 13.7 Å². The van der Waals surface area contributed by atoms with E-state index in [1.54, 1.807) is 24.3 Å². The number of benzene rings is 2. The summed E-state index contributed by atoms with van der Waals surface area (Å²) in [7, 11) is 1.52. The molecule has 5 heteroatoms. The van der Waals surface area contributed by atoms with Crippen molar-refractivity contribution in [3.63, 3.8) is 0 Å². The minimum absolute atomic E-state index is 0.0475. The number of halogens is 1. The van der Waals surface area contributed by atoms with Crippen LogP contribution in [0.5, 0.6) is 11.5 Å². The van der Waals surface area contributed by atoms with Crippen molar-refractivity contribution < 1.29 is 23.8 Å². The van der Waals surface area contributed by atoms with Gasteiger partial charge in [0.25, 0.3) is 0 Å². The van der Waals surface area contributed by atoms with Crippen molar-refractivity contribution in [1.82, 2.24) is 0 Å². The maximum atomic E-state index is 12.8. The Morgan fingerprint density at radius 2 is 1.90 bits per heavy atom.